The summed E-state index contributed by atoms with van der Waals surface area (Å²) in [6.45, 7) is 7.23. The maximum Gasteiger partial charge on any atom is 0.311 e. The number of thioether (sulfide) groups is 1. The Balaban J connectivity index is 1.38. The van der Waals surface area contributed by atoms with E-state index in [4.69, 9.17) is 21.1 Å². The van der Waals surface area contributed by atoms with E-state index >= 15 is 0 Å². The van der Waals surface area contributed by atoms with E-state index in [1.807, 2.05) is 68.2 Å². The number of ether oxygens (including phenoxy) is 2. The van der Waals surface area contributed by atoms with Gasteiger partial charge in [0.1, 0.15) is 12.4 Å². The number of hydrogen-bond acceptors (Lipinski definition) is 5. The Morgan fingerprint density at radius 1 is 1.02 bits per heavy atom. The van der Waals surface area contributed by atoms with Crippen molar-refractivity contribution < 1.29 is 14.3 Å². The summed E-state index contributed by atoms with van der Waals surface area (Å²) >= 11 is 8.08. The van der Waals surface area contributed by atoms with Crippen LogP contribution in [0.3, 0.4) is 0 Å². The van der Waals surface area contributed by atoms with E-state index < -0.39 is 5.41 Å². The Morgan fingerprint density at radius 2 is 1.79 bits per heavy atom. The van der Waals surface area contributed by atoms with Crippen LogP contribution in [0.5, 0.6) is 5.75 Å². The van der Waals surface area contributed by atoms with E-state index in [2.05, 4.69) is 58.9 Å². The number of methoxy groups -OCH3 is 1. The van der Waals surface area contributed by atoms with Gasteiger partial charge in [-0.1, -0.05) is 67.1 Å². The molecule has 220 valence electrons. The van der Waals surface area contributed by atoms with Crippen molar-refractivity contribution in [2.75, 3.05) is 7.11 Å². The van der Waals surface area contributed by atoms with Crippen LogP contribution >= 0.6 is 23.4 Å². The summed E-state index contributed by atoms with van der Waals surface area (Å²) in [7, 11) is 1.46. The quantitative estimate of drug-likeness (QED) is 0.156. The van der Waals surface area contributed by atoms with Gasteiger partial charge in [-0.05, 0) is 61.7 Å². The molecule has 0 saturated heterocycles. The lowest BCUT2D eigenvalue weighted by atomic mass is 9.87. The van der Waals surface area contributed by atoms with Crippen LogP contribution in [0.1, 0.15) is 43.3 Å². The molecule has 5 nitrogen and oxygen atoms in total. The van der Waals surface area contributed by atoms with Gasteiger partial charge in [0, 0.05) is 56.5 Å². The minimum absolute atomic E-state index is 0.216. The molecule has 0 spiro atoms. The highest BCUT2D eigenvalue weighted by Crippen LogP contribution is 2.48. The lowest BCUT2D eigenvalue weighted by Gasteiger charge is -2.25. The van der Waals surface area contributed by atoms with Gasteiger partial charge in [-0.3, -0.25) is 9.78 Å². The molecule has 43 heavy (non-hydrogen) atoms. The fraction of sp³-hybridized carbons (Fsp3) is 0.278. The number of esters is 1. The molecule has 0 amide bonds. The number of carbonyl (C=O) groups is 1. The molecule has 5 aromatic rings. The minimum Gasteiger partial charge on any atom is -0.487 e. The van der Waals surface area contributed by atoms with Crippen molar-refractivity contribution in [2.45, 2.75) is 56.9 Å². The third-order valence-electron chi connectivity index (χ3n) is 8.07. The topological polar surface area (TPSA) is 53.4 Å². The number of halogens is 1. The van der Waals surface area contributed by atoms with E-state index in [0.29, 0.717) is 29.8 Å². The van der Waals surface area contributed by atoms with Gasteiger partial charge in [-0.15, -0.1) is 11.8 Å². The first-order chi connectivity index (χ1) is 20.7. The summed E-state index contributed by atoms with van der Waals surface area (Å²) in [6, 6.07) is 26.6. The monoisotopic (exact) mass is 610 g/mol. The number of hydrogen-bond donors (Lipinski definition) is 0. The second-order valence-corrected chi connectivity index (χ2v) is 13.7. The SMILES string of the molecule is COC(=O)C(C)(C)Cc1c2c3c(c(OCc4ccc(-c5ccccc5)cn4)ccc3n1Cc1ccc(Cl)cc1)CC(C)S2. The van der Waals surface area contributed by atoms with Crippen molar-refractivity contribution in [3.8, 4) is 16.9 Å². The van der Waals surface area contributed by atoms with Crippen LogP contribution in [0.4, 0.5) is 0 Å². The zero-order valence-corrected chi connectivity index (χ0v) is 26.5. The first-order valence-corrected chi connectivity index (χ1v) is 15.8. The van der Waals surface area contributed by atoms with Crippen LogP contribution < -0.4 is 4.74 Å². The van der Waals surface area contributed by atoms with Crippen molar-refractivity contribution in [3.05, 3.63) is 113 Å². The second-order valence-electron chi connectivity index (χ2n) is 11.8. The maximum atomic E-state index is 12.8. The van der Waals surface area contributed by atoms with Gasteiger partial charge in [0.2, 0.25) is 0 Å². The molecule has 2 aromatic heterocycles. The Kier molecular flexibility index (Phi) is 8.25. The standard InChI is InChI=1S/C36H35ClN2O3S/c1-23-18-29-32(42-22-28-15-12-26(20-38-28)25-8-6-5-7-9-25)17-16-30-33(29)34(43-23)31(19-36(2,3)35(40)41-4)39(30)21-24-10-13-27(37)14-11-24/h5-17,20,23H,18-19,21-22H2,1-4H3. The lowest BCUT2D eigenvalue weighted by Crippen LogP contribution is -2.29. The zero-order chi connectivity index (χ0) is 30.1. The Morgan fingerprint density at radius 3 is 2.49 bits per heavy atom. The van der Waals surface area contributed by atoms with Crippen LogP contribution in [-0.4, -0.2) is 27.9 Å². The first-order valence-electron chi connectivity index (χ1n) is 14.5. The molecule has 1 aliphatic rings. The van der Waals surface area contributed by atoms with Crippen LogP contribution in [0, 0.1) is 5.41 Å². The molecule has 0 saturated carbocycles. The molecule has 6 rings (SSSR count). The van der Waals surface area contributed by atoms with Gasteiger partial charge in [-0.25, -0.2) is 0 Å². The molecular weight excluding hydrogens is 576 g/mol. The highest BCUT2D eigenvalue weighted by molar-refractivity contribution is 8.00. The number of nitrogens with zero attached hydrogens (tertiary/aromatic N) is 2. The highest BCUT2D eigenvalue weighted by atomic mass is 35.5. The lowest BCUT2D eigenvalue weighted by molar-refractivity contribution is -0.150. The Bertz CT molecular complexity index is 1760. The van der Waals surface area contributed by atoms with Crippen molar-refractivity contribution in [1.82, 2.24) is 9.55 Å². The molecule has 1 aliphatic heterocycles. The molecule has 1 unspecified atom stereocenters. The summed E-state index contributed by atoms with van der Waals surface area (Å²) < 4.78 is 14.0. The van der Waals surface area contributed by atoms with Gasteiger partial charge < -0.3 is 14.0 Å². The summed E-state index contributed by atoms with van der Waals surface area (Å²) in [6.07, 6.45) is 3.37. The maximum absolute atomic E-state index is 12.8. The van der Waals surface area contributed by atoms with E-state index in [-0.39, 0.29) is 5.97 Å². The van der Waals surface area contributed by atoms with E-state index in [1.54, 1.807) is 0 Å². The van der Waals surface area contributed by atoms with Crippen molar-refractivity contribution >= 4 is 40.2 Å². The van der Waals surface area contributed by atoms with Gasteiger partial charge >= 0.3 is 5.97 Å². The van der Waals surface area contributed by atoms with E-state index in [0.717, 1.165) is 45.8 Å². The van der Waals surface area contributed by atoms with Gasteiger partial charge in [0.25, 0.3) is 0 Å². The highest BCUT2D eigenvalue weighted by Gasteiger charge is 2.35. The van der Waals surface area contributed by atoms with Crippen LogP contribution in [0.25, 0.3) is 22.0 Å². The molecule has 3 aromatic carbocycles. The molecular formula is C36H35ClN2O3S. The third-order valence-corrected chi connectivity index (χ3v) is 9.57. The molecule has 0 fully saturated rings. The number of aromatic nitrogens is 2. The normalized spacial score (nSPS) is 14.6. The summed E-state index contributed by atoms with van der Waals surface area (Å²) in [4.78, 5) is 18.7. The predicted octanol–water partition coefficient (Wildman–Crippen LogP) is 8.76. The average Bonchev–Trinajstić information content (AvgIpc) is 3.29. The summed E-state index contributed by atoms with van der Waals surface area (Å²) in [5.74, 6) is 0.671. The number of pyridine rings is 1. The zero-order valence-electron chi connectivity index (χ0n) is 24.9. The van der Waals surface area contributed by atoms with Crippen molar-refractivity contribution in [3.63, 3.8) is 0 Å². The average molecular weight is 611 g/mol. The molecule has 0 N–H and O–H groups in total. The van der Waals surface area contributed by atoms with Crippen molar-refractivity contribution in [1.29, 1.82) is 0 Å². The molecule has 0 bridgehead atoms. The molecule has 1 atom stereocenters. The third kappa shape index (κ3) is 6.04. The largest absolute Gasteiger partial charge is 0.487 e. The van der Waals surface area contributed by atoms with Gasteiger partial charge in [-0.2, -0.15) is 0 Å². The Labute approximate surface area is 262 Å². The first kappa shape index (κ1) is 29.3. The minimum atomic E-state index is -0.685. The number of benzene rings is 3. The van der Waals surface area contributed by atoms with Gasteiger partial charge in [0.15, 0.2) is 0 Å². The second kappa shape index (κ2) is 12.1. The number of carbonyl (C=O) groups excluding carboxylic acids is 1. The molecule has 0 aliphatic carbocycles. The fourth-order valence-corrected chi connectivity index (χ4v) is 7.30. The summed E-state index contributed by atoms with van der Waals surface area (Å²) in [5, 5.41) is 2.29. The smallest absolute Gasteiger partial charge is 0.311 e. The summed E-state index contributed by atoms with van der Waals surface area (Å²) in [5.41, 5.74) is 7.08. The van der Waals surface area contributed by atoms with Crippen LogP contribution in [0.15, 0.2) is 90.0 Å². The van der Waals surface area contributed by atoms with E-state index in [9.17, 15) is 4.79 Å². The predicted molar refractivity (Wildman–Crippen MR) is 175 cm³/mol. The number of rotatable bonds is 9. The van der Waals surface area contributed by atoms with Crippen molar-refractivity contribution in [2.24, 2.45) is 5.41 Å². The Hall–Kier alpha value is -3.74. The van der Waals surface area contributed by atoms with Crippen LogP contribution in [0.2, 0.25) is 5.02 Å². The molecule has 0 radical (unpaired) electrons. The van der Waals surface area contributed by atoms with Crippen LogP contribution in [-0.2, 0) is 35.5 Å². The fourth-order valence-electron chi connectivity index (χ4n) is 5.86. The molecule has 3 heterocycles. The van der Waals surface area contributed by atoms with Gasteiger partial charge in [0.05, 0.1) is 23.7 Å². The molecule has 7 heteroatoms. The van der Waals surface area contributed by atoms with E-state index in [1.165, 1.54) is 23.0 Å².